The van der Waals surface area contributed by atoms with Gasteiger partial charge < -0.3 is 9.47 Å². The number of ether oxygens (including phenoxy) is 2. The average Bonchev–Trinajstić information content (AvgIpc) is 2.75. The predicted octanol–water partition coefficient (Wildman–Crippen LogP) is 3.20. The lowest BCUT2D eigenvalue weighted by Crippen LogP contribution is -2.40. The molecule has 2 aromatic carbocycles. The summed E-state index contributed by atoms with van der Waals surface area (Å²) in [6.07, 6.45) is 0. The van der Waals surface area contributed by atoms with Gasteiger partial charge in [0, 0.05) is 13.1 Å². The van der Waals surface area contributed by atoms with Crippen molar-refractivity contribution in [3.8, 4) is 5.75 Å². The monoisotopic (exact) mass is 482 g/mol. The van der Waals surface area contributed by atoms with E-state index in [4.69, 9.17) is 9.47 Å². The van der Waals surface area contributed by atoms with Gasteiger partial charge in [-0.3, -0.25) is 4.72 Å². The molecule has 2 aromatic rings. The molecule has 0 unspecified atom stereocenters. The molecule has 176 valence electrons. The molecule has 3 rings (SSSR count). The first-order valence-electron chi connectivity index (χ1n) is 10.4. The van der Waals surface area contributed by atoms with E-state index in [-0.39, 0.29) is 39.7 Å². The molecule has 0 atom stereocenters. The van der Waals surface area contributed by atoms with Crippen LogP contribution in [0.4, 0.5) is 5.69 Å². The van der Waals surface area contributed by atoms with Gasteiger partial charge in [-0.05, 0) is 48.2 Å². The van der Waals surface area contributed by atoms with Crippen LogP contribution in [0.5, 0.6) is 5.75 Å². The fourth-order valence-corrected chi connectivity index (χ4v) is 5.80. The van der Waals surface area contributed by atoms with E-state index in [2.05, 4.69) is 4.72 Å². The number of nitrogens with zero attached hydrogens (tertiary/aromatic N) is 1. The third-order valence-corrected chi connectivity index (χ3v) is 8.41. The Balaban J connectivity index is 1.95. The number of hydrogen-bond acceptors (Lipinski definition) is 6. The van der Waals surface area contributed by atoms with Crippen LogP contribution in [-0.4, -0.2) is 54.1 Å². The zero-order valence-electron chi connectivity index (χ0n) is 18.8. The lowest BCUT2D eigenvalue weighted by atomic mass is 9.87. The number of benzene rings is 2. The van der Waals surface area contributed by atoms with Crippen molar-refractivity contribution in [1.82, 2.24) is 4.31 Å². The molecule has 8 nitrogen and oxygen atoms in total. The van der Waals surface area contributed by atoms with Crippen LogP contribution >= 0.6 is 0 Å². The number of morpholine rings is 1. The second-order valence-electron chi connectivity index (χ2n) is 8.49. The second kappa shape index (κ2) is 9.38. The van der Waals surface area contributed by atoms with Gasteiger partial charge in [0.15, 0.2) is 0 Å². The van der Waals surface area contributed by atoms with Crippen molar-refractivity contribution in [1.29, 1.82) is 0 Å². The van der Waals surface area contributed by atoms with Gasteiger partial charge in [-0.25, -0.2) is 16.8 Å². The zero-order valence-corrected chi connectivity index (χ0v) is 20.4. The SMILES string of the molecule is CCOc1ccc(S(=O)(=O)N2CCOCC2)cc1NS(=O)(=O)c1ccc(C(C)(C)C)cc1. The topological polar surface area (TPSA) is 102 Å². The Morgan fingerprint density at radius 1 is 0.969 bits per heavy atom. The maximum Gasteiger partial charge on any atom is 0.262 e. The zero-order chi connectivity index (χ0) is 23.6. The van der Waals surface area contributed by atoms with Crippen molar-refractivity contribution in [2.24, 2.45) is 0 Å². The Kier molecular flexibility index (Phi) is 7.18. The van der Waals surface area contributed by atoms with E-state index in [1.165, 1.54) is 34.6 Å². The van der Waals surface area contributed by atoms with E-state index in [9.17, 15) is 16.8 Å². The first-order chi connectivity index (χ1) is 14.9. The van der Waals surface area contributed by atoms with Crippen molar-refractivity contribution in [3.63, 3.8) is 0 Å². The van der Waals surface area contributed by atoms with Gasteiger partial charge in [-0.1, -0.05) is 32.9 Å². The van der Waals surface area contributed by atoms with E-state index in [0.717, 1.165) is 5.56 Å². The summed E-state index contributed by atoms with van der Waals surface area (Å²) in [5, 5.41) is 0. The Morgan fingerprint density at radius 2 is 1.56 bits per heavy atom. The van der Waals surface area contributed by atoms with E-state index in [1.807, 2.05) is 20.8 Å². The highest BCUT2D eigenvalue weighted by molar-refractivity contribution is 7.92. The van der Waals surface area contributed by atoms with Crippen LogP contribution in [0.3, 0.4) is 0 Å². The molecular weight excluding hydrogens is 452 g/mol. The predicted molar refractivity (Wildman–Crippen MR) is 123 cm³/mol. The lowest BCUT2D eigenvalue weighted by molar-refractivity contribution is 0.0730. The van der Waals surface area contributed by atoms with E-state index >= 15 is 0 Å². The summed E-state index contributed by atoms with van der Waals surface area (Å²) in [6, 6.07) is 10.8. The van der Waals surface area contributed by atoms with Gasteiger partial charge in [0.2, 0.25) is 10.0 Å². The van der Waals surface area contributed by atoms with Gasteiger partial charge in [0.05, 0.1) is 35.3 Å². The molecule has 0 bridgehead atoms. The summed E-state index contributed by atoms with van der Waals surface area (Å²) in [5.74, 6) is 0.253. The number of hydrogen-bond donors (Lipinski definition) is 1. The van der Waals surface area contributed by atoms with Gasteiger partial charge in [-0.2, -0.15) is 4.31 Å². The van der Waals surface area contributed by atoms with Crippen molar-refractivity contribution in [3.05, 3.63) is 48.0 Å². The molecule has 0 amide bonds. The van der Waals surface area contributed by atoms with Gasteiger partial charge in [0.25, 0.3) is 10.0 Å². The molecule has 0 aliphatic carbocycles. The van der Waals surface area contributed by atoms with Crippen LogP contribution in [0.2, 0.25) is 0 Å². The summed E-state index contributed by atoms with van der Waals surface area (Å²) in [7, 11) is -7.76. The normalized spacial score (nSPS) is 16.0. The fraction of sp³-hybridized carbons (Fsp3) is 0.455. The van der Waals surface area contributed by atoms with E-state index < -0.39 is 20.0 Å². The third-order valence-electron chi connectivity index (χ3n) is 5.13. The molecule has 1 saturated heterocycles. The highest BCUT2D eigenvalue weighted by Crippen LogP contribution is 2.32. The van der Waals surface area contributed by atoms with Crippen LogP contribution in [0.1, 0.15) is 33.3 Å². The van der Waals surface area contributed by atoms with Gasteiger partial charge in [-0.15, -0.1) is 0 Å². The van der Waals surface area contributed by atoms with Crippen molar-refractivity contribution >= 4 is 25.7 Å². The molecule has 0 spiro atoms. The minimum absolute atomic E-state index is 0.0105. The van der Waals surface area contributed by atoms with Gasteiger partial charge >= 0.3 is 0 Å². The Labute approximate surface area is 190 Å². The van der Waals surface area contributed by atoms with Crippen LogP contribution < -0.4 is 9.46 Å². The summed E-state index contributed by atoms with van der Waals surface area (Å²) in [5.41, 5.74) is 0.964. The summed E-state index contributed by atoms with van der Waals surface area (Å²) < 4.78 is 66.7. The molecule has 1 aliphatic rings. The Bertz CT molecular complexity index is 1150. The standard InChI is InChI=1S/C22H30N2O6S2/c1-5-30-21-11-10-19(32(27,28)24-12-14-29-15-13-24)16-20(21)23-31(25,26)18-8-6-17(7-9-18)22(2,3)4/h6-11,16,23H,5,12-15H2,1-4H3. The summed E-state index contributed by atoms with van der Waals surface area (Å²) in [6.45, 7) is 9.33. The van der Waals surface area contributed by atoms with Crippen molar-refractivity contribution in [2.45, 2.75) is 42.9 Å². The second-order valence-corrected chi connectivity index (χ2v) is 12.1. The minimum atomic E-state index is -3.96. The maximum absolute atomic E-state index is 13.0. The average molecular weight is 483 g/mol. The van der Waals surface area contributed by atoms with Crippen LogP contribution in [0.15, 0.2) is 52.3 Å². The first kappa shape index (κ1) is 24.5. The highest BCUT2D eigenvalue weighted by atomic mass is 32.2. The molecule has 10 heteroatoms. The van der Waals surface area contributed by atoms with E-state index in [1.54, 1.807) is 19.1 Å². The van der Waals surface area contributed by atoms with Crippen molar-refractivity contribution in [2.75, 3.05) is 37.6 Å². The molecule has 1 aliphatic heterocycles. The third kappa shape index (κ3) is 5.43. The van der Waals surface area contributed by atoms with Crippen LogP contribution in [0, 0.1) is 0 Å². The largest absolute Gasteiger partial charge is 0.492 e. The molecule has 1 fully saturated rings. The number of sulfonamides is 2. The maximum atomic E-state index is 13.0. The number of nitrogens with one attached hydrogen (secondary N) is 1. The number of anilines is 1. The Morgan fingerprint density at radius 3 is 2.12 bits per heavy atom. The quantitative estimate of drug-likeness (QED) is 0.650. The first-order valence-corrected chi connectivity index (χ1v) is 13.4. The molecule has 32 heavy (non-hydrogen) atoms. The number of rotatable bonds is 7. The highest BCUT2D eigenvalue weighted by Gasteiger charge is 2.28. The molecular formula is C22H30N2O6S2. The molecule has 0 saturated carbocycles. The minimum Gasteiger partial charge on any atom is -0.492 e. The molecule has 0 aromatic heterocycles. The van der Waals surface area contributed by atoms with Crippen molar-refractivity contribution < 1.29 is 26.3 Å². The van der Waals surface area contributed by atoms with Gasteiger partial charge in [0.1, 0.15) is 5.75 Å². The molecule has 1 heterocycles. The van der Waals surface area contributed by atoms with E-state index in [0.29, 0.717) is 19.8 Å². The Hall–Kier alpha value is -2.14. The summed E-state index contributed by atoms with van der Waals surface area (Å²) >= 11 is 0. The molecule has 0 radical (unpaired) electrons. The fourth-order valence-electron chi connectivity index (χ4n) is 3.30. The lowest BCUT2D eigenvalue weighted by Gasteiger charge is -2.26. The van der Waals surface area contributed by atoms with Crippen LogP contribution in [-0.2, 0) is 30.2 Å². The summed E-state index contributed by atoms with van der Waals surface area (Å²) in [4.78, 5) is 0.0676. The van der Waals surface area contributed by atoms with Crippen LogP contribution in [0.25, 0.3) is 0 Å². The smallest absolute Gasteiger partial charge is 0.262 e. The molecule has 1 N–H and O–H groups in total.